The van der Waals surface area contributed by atoms with Crippen LogP contribution in [0.3, 0.4) is 0 Å². The normalized spacial score (nSPS) is 16.9. The van der Waals surface area contributed by atoms with Crippen LogP contribution in [0.15, 0.2) is 4.52 Å². The lowest BCUT2D eigenvalue weighted by Gasteiger charge is -2.36. The van der Waals surface area contributed by atoms with Gasteiger partial charge in [0.1, 0.15) is 0 Å². The molecule has 0 saturated carbocycles. The van der Waals surface area contributed by atoms with Crippen LogP contribution in [0, 0.1) is 5.41 Å². The van der Waals surface area contributed by atoms with Gasteiger partial charge >= 0.3 is 6.01 Å². The Morgan fingerprint density at radius 3 is 2.25 bits per heavy atom. The average molecular weight is 280 g/mol. The molecule has 1 fully saturated rings. The van der Waals surface area contributed by atoms with Gasteiger partial charge in [0.05, 0.1) is 0 Å². The van der Waals surface area contributed by atoms with Crippen LogP contribution >= 0.6 is 0 Å². The van der Waals surface area contributed by atoms with Crippen molar-refractivity contribution in [3.05, 3.63) is 5.82 Å². The van der Waals surface area contributed by atoms with E-state index in [1.165, 1.54) is 0 Å². The van der Waals surface area contributed by atoms with Crippen LogP contribution in [-0.4, -0.2) is 47.1 Å². The number of anilines is 1. The Morgan fingerprint density at radius 1 is 1.20 bits per heavy atom. The molecule has 2 rings (SSSR count). The smallest absolute Gasteiger partial charge is 0.324 e. The molecular formula is C14H24N4O2. The highest BCUT2D eigenvalue weighted by Crippen LogP contribution is 2.21. The van der Waals surface area contributed by atoms with Crippen molar-refractivity contribution in [1.29, 1.82) is 0 Å². The first-order valence-electron chi connectivity index (χ1n) is 7.17. The van der Waals surface area contributed by atoms with E-state index in [2.05, 4.69) is 10.1 Å². The highest BCUT2D eigenvalue weighted by molar-refractivity contribution is 5.81. The maximum absolute atomic E-state index is 12.2. The third kappa shape index (κ3) is 3.11. The number of rotatable bonds is 2. The number of aromatic nitrogens is 2. The first kappa shape index (κ1) is 14.8. The minimum absolute atomic E-state index is 0.200. The summed E-state index contributed by atoms with van der Waals surface area (Å²) < 4.78 is 5.29. The van der Waals surface area contributed by atoms with Gasteiger partial charge in [-0.25, -0.2) is 0 Å². The highest BCUT2D eigenvalue weighted by atomic mass is 16.5. The molecule has 1 saturated heterocycles. The summed E-state index contributed by atoms with van der Waals surface area (Å²) in [6.45, 7) is 12.8. The Kier molecular flexibility index (Phi) is 4.01. The second-order valence-corrected chi connectivity index (χ2v) is 6.62. The molecule has 2 heterocycles. The van der Waals surface area contributed by atoms with E-state index in [0.717, 1.165) is 18.9 Å². The SMILES string of the molecule is CC(C)c1noc(N2CCN(C(=O)C(C)(C)C)CC2)n1. The Balaban J connectivity index is 1.95. The third-order valence-corrected chi connectivity index (χ3v) is 3.43. The van der Waals surface area contributed by atoms with Crippen LogP contribution in [0.2, 0.25) is 0 Å². The molecule has 0 radical (unpaired) electrons. The molecule has 1 amide bonds. The molecule has 20 heavy (non-hydrogen) atoms. The number of nitrogens with zero attached hydrogens (tertiary/aromatic N) is 4. The number of amides is 1. The third-order valence-electron chi connectivity index (χ3n) is 3.43. The largest absolute Gasteiger partial charge is 0.339 e. The van der Waals surface area contributed by atoms with Crippen molar-refractivity contribution in [2.75, 3.05) is 31.1 Å². The summed E-state index contributed by atoms with van der Waals surface area (Å²) in [6.07, 6.45) is 0. The van der Waals surface area contributed by atoms with Gasteiger partial charge in [0.2, 0.25) is 5.91 Å². The van der Waals surface area contributed by atoms with E-state index in [1.54, 1.807) is 0 Å². The molecule has 0 atom stereocenters. The van der Waals surface area contributed by atoms with E-state index in [-0.39, 0.29) is 17.2 Å². The minimum Gasteiger partial charge on any atom is -0.339 e. The summed E-state index contributed by atoms with van der Waals surface area (Å²) >= 11 is 0. The molecule has 0 spiro atoms. The topological polar surface area (TPSA) is 62.5 Å². The molecule has 6 nitrogen and oxygen atoms in total. The van der Waals surface area contributed by atoms with Gasteiger partial charge in [0.25, 0.3) is 0 Å². The Labute approximate surface area is 120 Å². The molecule has 0 aliphatic carbocycles. The van der Waals surface area contributed by atoms with Gasteiger partial charge < -0.3 is 14.3 Å². The quantitative estimate of drug-likeness (QED) is 0.828. The number of hydrogen-bond donors (Lipinski definition) is 0. The van der Waals surface area contributed by atoms with Crippen LogP contribution in [0.25, 0.3) is 0 Å². The van der Waals surface area contributed by atoms with Gasteiger partial charge in [-0.05, 0) is 0 Å². The molecule has 1 aromatic heterocycles. The van der Waals surface area contributed by atoms with Crippen LogP contribution in [-0.2, 0) is 4.79 Å². The molecule has 1 aliphatic rings. The Morgan fingerprint density at radius 2 is 1.80 bits per heavy atom. The summed E-state index contributed by atoms with van der Waals surface area (Å²) in [5.74, 6) is 1.19. The van der Waals surface area contributed by atoms with Gasteiger partial charge in [-0.15, -0.1) is 0 Å². The monoisotopic (exact) mass is 280 g/mol. The van der Waals surface area contributed by atoms with E-state index in [4.69, 9.17) is 4.52 Å². The zero-order valence-corrected chi connectivity index (χ0v) is 13.0. The zero-order valence-electron chi connectivity index (χ0n) is 13.0. The lowest BCUT2D eigenvalue weighted by atomic mass is 9.94. The fourth-order valence-corrected chi connectivity index (χ4v) is 2.16. The Bertz CT molecular complexity index is 468. The van der Waals surface area contributed by atoms with Crippen molar-refractivity contribution < 1.29 is 9.32 Å². The van der Waals surface area contributed by atoms with E-state index < -0.39 is 0 Å². The van der Waals surface area contributed by atoms with Gasteiger partial charge in [0.15, 0.2) is 5.82 Å². The maximum Gasteiger partial charge on any atom is 0.324 e. The lowest BCUT2D eigenvalue weighted by Crippen LogP contribution is -2.51. The second-order valence-electron chi connectivity index (χ2n) is 6.62. The highest BCUT2D eigenvalue weighted by Gasteiger charge is 2.30. The molecule has 1 aliphatic heterocycles. The van der Waals surface area contributed by atoms with Crippen LogP contribution in [0.1, 0.15) is 46.4 Å². The van der Waals surface area contributed by atoms with Gasteiger partial charge in [-0.2, -0.15) is 4.98 Å². The Hall–Kier alpha value is -1.59. The van der Waals surface area contributed by atoms with Gasteiger partial charge in [0, 0.05) is 37.5 Å². The van der Waals surface area contributed by atoms with Crippen molar-refractivity contribution >= 4 is 11.9 Å². The van der Waals surface area contributed by atoms with Gasteiger partial charge in [-0.1, -0.05) is 39.8 Å². The van der Waals surface area contributed by atoms with Crippen molar-refractivity contribution in [2.24, 2.45) is 5.41 Å². The van der Waals surface area contributed by atoms with Crippen molar-refractivity contribution in [2.45, 2.75) is 40.5 Å². The fraction of sp³-hybridized carbons (Fsp3) is 0.786. The second kappa shape index (κ2) is 5.42. The minimum atomic E-state index is -0.322. The number of piperazine rings is 1. The summed E-state index contributed by atoms with van der Waals surface area (Å²) in [4.78, 5) is 20.6. The fourth-order valence-electron chi connectivity index (χ4n) is 2.16. The number of carbonyl (C=O) groups excluding carboxylic acids is 1. The van der Waals surface area contributed by atoms with Gasteiger partial charge in [-0.3, -0.25) is 4.79 Å². The zero-order chi connectivity index (χ0) is 14.9. The predicted molar refractivity (Wildman–Crippen MR) is 76.6 cm³/mol. The molecule has 0 unspecified atom stereocenters. The molecule has 6 heteroatoms. The van der Waals surface area contributed by atoms with Crippen molar-refractivity contribution in [1.82, 2.24) is 15.0 Å². The maximum atomic E-state index is 12.2. The first-order valence-corrected chi connectivity index (χ1v) is 7.17. The summed E-state index contributed by atoms with van der Waals surface area (Å²) in [6, 6.07) is 0.566. The summed E-state index contributed by atoms with van der Waals surface area (Å²) in [5, 5.41) is 3.98. The first-order chi connectivity index (χ1) is 9.29. The standard InChI is InChI=1S/C14H24N4O2/c1-10(2)11-15-13(20-16-11)18-8-6-17(7-9-18)12(19)14(3,4)5/h10H,6-9H2,1-5H3. The lowest BCUT2D eigenvalue weighted by molar-refractivity contribution is -0.139. The molecule has 0 bridgehead atoms. The van der Waals surface area contributed by atoms with E-state index >= 15 is 0 Å². The van der Waals surface area contributed by atoms with Crippen molar-refractivity contribution in [3.63, 3.8) is 0 Å². The average Bonchev–Trinajstić information content (AvgIpc) is 2.86. The molecule has 112 valence electrons. The van der Waals surface area contributed by atoms with E-state index in [0.29, 0.717) is 19.1 Å². The van der Waals surface area contributed by atoms with Crippen LogP contribution in [0.4, 0.5) is 6.01 Å². The van der Waals surface area contributed by atoms with E-state index in [1.807, 2.05) is 44.4 Å². The number of carbonyl (C=O) groups is 1. The summed E-state index contributed by atoms with van der Waals surface area (Å²) in [7, 11) is 0. The predicted octanol–water partition coefficient (Wildman–Crippen LogP) is 1.89. The van der Waals surface area contributed by atoms with Crippen LogP contribution < -0.4 is 4.90 Å². The number of hydrogen-bond acceptors (Lipinski definition) is 5. The molecule has 0 aromatic carbocycles. The molecular weight excluding hydrogens is 256 g/mol. The van der Waals surface area contributed by atoms with Crippen LogP contribution in [0.5, 0.6) is 0 Å². The molecule has 0 N–H and O–H groups in total. The van der Waals surface area contributed by atoms with E-state index in [9.17, 15) is 4.79 Å². The van der Waals surface area contributed by atoms with Crippen molar-refractivity contribution in [3.8, 4) is 0 Å². The molecule has 1 aromatic rings. The summed E-state index contributed by atoms with van der Waals surface area (Å²) in [5.41, 5.74) is -0.322.